The SMILES string of the molecule is CNC(Cc1ccc(F)c(Br)c1)c1cccc(OC)c1. The Labute approximate surface area is 127 Å². The Kier molecular flexibility index (Phi) is 5.15. The highest BCUT2D eigenvalue weighted by Gasteiger charge is 2.12. The highest BCUT2D eigenvalue weighted by Crippen LogP contribution is 2.24. The van der Waals surface area contributed by atoms with Gasteiger partial charge in [0.05, 0.1) is 11.6 Å². The van der Waals surface area contributed by atoms with Gasteiger partial charge in [-0.2, -0.15) is 0 Å². The standard InChI is InChI=1S/C16H17BrFNO/c1-19-16(12-4-3-5-13(10-12)20-2)9-11-6-7-15(18)14(17)8-11/h3-8,10,16,19H,9H2,1-2H3. The summed E-state index contributed by atoms with van der Waals surface area (Å²) in [5.41, 5.74) is 2.22. The normalized spacial score (nSPS) is 12.2. The number of halogens is 2. The summed E-state index contributed by atoms with van der Waals surface area (Å²) in [6.45, 7) is 0. The van der Waals surface area contributed by atoms with E-state index in [0.29, 0.717) is 4.47 Å². The average Bonchev–Trinajstić information content (AvgIpc) is 2.48. The smallest absolute Gasteiger partial charge is 0.137 e. The number of methoxy groups -OCH3 is 1. The van der Waals surface area contributed by atoms with E-state index in [4.69, 9.17) is 4.74 Å². The Hall–Kier alpha value is -1.39. The topological polar surface area (TPSA) is 21.3 Å². The maximum atomic E-state index is 13.3. The second-order valence-electron chi connectivity index (χ2n) is 4.57. The fourth-order valence-electron chi connectivity index (χ4n) is 2.15. The molecule has 1 unspecified atom stereocenters. The number of rotatable bonds is 5. The van der Waals surface area contributed by atoms with Crippen molar-refractivity contribution in [2.24, 2.45) is 0 Å². The third-order valence-electron chi connectivity index (χ3n) is 3.27. The molecule has 2 aromatic rings. The van der Waals surface area contributed by atoms with Crippen LogP contribution in [0.3, 0.4) is 0 Å². The minimum Gasteiger partial charge on any atom is -0.497 e. The second kappa shape index (κ2) is 6.86. The van der Waals surface area contributed by atoms with Crippen molar-refractivity contribution in [1.82, 2.24) is 5.32 Å². The Morgan fingerprint density at radius 1 is 1.25 bits per heavy atom. The number of likely N-dealkylation sites (N-methyl/N-ethyl adjacent to an activating group) is 1. The van der Waals surface area contributed by atoms with Gasteiger partial charge in [0.2, 0.25) is 0 Å². The Balaban J connectivity index is 2.21. The van der Waals surface area contributed by atoms with Gasteiger partial charge in [0.15, 0.2) is 0 Å². The summed E-state index contributed by atoms with van der Waals surface area (Å²) in [4.78, 5) is 0. The van der Waals surface area contributed by atoms with Crippen molar-refractivity contribution in [2.45, 2.75) is 12.5 Å². The molecular weight excluding hydrogens is 321 g/mol. The van der Waals surface area contributed by atoms with Gasteiger partial charge in [-0.1, -0.05) is 18.2 Å². The van der Waals surface area contributed by atoms with E-state index in [1.54, 1.807) is 7.11 Å². The van der Waals surface area contributed by atoms with E-state index in [0.717, 1.165) is 23.3 Å². The zero-order valence-electron chi connectivity index (χ0n) is 11.5. The monoisotopic (exact) mass is 337 g/mol. The molecule has 0 bridgehead atoms. The van der Waals surface area contributed by atoms with Gasteiger partial charge in [0, 0.05) is 6.04 Å². The number of ether oxygens (including phenoxy) is 1. The molecule has 0 aliphatic rings. The average molecular weight is 338 g/mol. The third-order valence-corrected chi connectivity index (χ3v) is 3.88. The Bertz CT molecular complexity index is 588. The molecule has 0 aliphatic heterocycles. The second-order valence-corrected chi connectivity index (χ2v) is 5.42. The zero-order valence-corrected chi connectivity index (χ0v) is 13.1. The summed E-state index contributed by atoms with van der Waals surface area (Å²) >= 11 is 3.22. The molecule has 1 atom stereocenters. The summed E-state index contributed by atoms with van der Waals surface area (Å²) in [6.07, 6.45) is 0.780. The zero-order chi connectivity index (χ0) is 14.5. The summed E-state index contributed by atoms with van der Waals surface area (Å²) in [6, 6.07) is 13.2. The molecule has 0 amide bonds. The van der Waals surface area contributed by atoms with Crippen LogP contribution >= 0.6 is 15.9 Å². The first-order chi connectivity index (χ1) is 9.63. The van der Waals surface area contributed by atoms with E-state index in [2.05, 4.69) is 27.3 Å². The lowest BCUT2D eigenvalue weighted by Gasteiger charge is -2.17. The lowest BCUT2D eigenvalue weighted by molar-refractivity contribution is 0.413. The van der Waals surface area contributed by atoms with Crippen LogP contribution in [-0.2, 0) is 6.42 Å². The minimum absolute atomic E-state index is 0.155. The summed E-state index contributed by atoms with van der Waals surface area (Å²) in [7, 11) is 3.58. The predicted molar refractivity (Wildman–Crippen MR) is 82.6 cm³/mol. The molecule has 4 heteroatoms. The molecule has 2 nitrogen and oxygen atoms in total. The van der Waals surface area contributed by atoms with Gasteiger partial charge in [-0.05, 0) is 64.8 Å². The van der Waals surface area contributed by atoms with Crippen molar-refractivity contribution in [1.29, 1.82) is 0 Å². The maximum Gasteiger partial charge on any atom is 0.137 e. The first kappa shape index (κ1) is 15.0. The van der Waals surface area contributed by atoms with E-state index in [1.165, 1.54) is 6.07 Å². The van der Waals surface area contributed by atoms with Crippen molar-refractivity contribution in [2.75, 3.05) is 14.2 Å². The fourth-order valence-corrected chi connectivity index (χ4v) is 2.57. The molecule has 0 fully saturated rings. The molecule has 2 aromatic carbocycles. The van der Waals surface area contributed by atoms with Gasteiger partial charge in [-0.25, -0.2) is 4.39 Å². The molecule has 106 valence electrons. The molecule has 2 rings (SSSR count). The quantitative estimate of drug-likeness (QED) is 0.886. The molecule has 0 radical (unpaired) electrons. The molecular formula is C16H17BrFNO. The third kappa shape index (κ3) is 3.58. The number of hydrogen-bond acceptors (Lipinski definition) is 2. The van der Waals surface area contributed by atoms with E-state index >= 15 is 0 Å². The molecule has 0 heterocycles. The highest BCUT2D eigenvalue weighted by atomic mass is 79.9. The first-order valence-electron chi connectivity index (χ1n) is 6.39. The molecule has 0 aromatic heterocycles. The van der Waals surface area contributed by atoms with Crippen LogP contribution < -0.4 is 10.1 Å². The van der Waals surface area contributed by atoms with Crippen molar-refractivity contribution in [3.05, 3.63) is 63.9 Å². The maximum absolute atomic E-state index is 13.3. The van der Waals surface area contributed by atoms with Gasteiger partial charge in [0.1, 0.15) is 11.6 Å². The molecule has 0 spiro atoms. The lowest BCUT2D eigenvalue weighted by atomic mass is 9.99. The summed E-state index contributed by atoms with van der Waals surface area (Å²) in [5.74, 6) is 0.596. The Morgan fingerprint density at radius 3 is 2.70 bits per heavy atom. The number of hydrogen-bond donors (Lipinski definition) is 1. The largest absolute Gasteiger partial charge is 0.497 e. The lowest BCUT2D eigenvalue weighted by Crippen LogP contribution is -2.18. The van der Waals surface area contributed by atoms with Crippen LogP contribution in [0.5, 0.6) is 5.75 Å². The fraction of sp³-hybridized carbons (Fsp3) is 0.250. The Morgan fingerprint density at radius 2 is 2.05 bits per heavy atom. The number of nitrogens with one attached hydrogen (secondary N) is 1. The van der Waals surface area contributed by atoms with Crippen molar-refractivity contribution >= 4 is 15.9 Å². The van der Waals surface area contributed by atoms with Gasteiger partial charge >= 0.3 is 0 Å². The van der Waals surface area contributed by atoms with Crippen LogP contribution in [0.4, 0.5) is 4.39 Å². The van der Waals surface area contributed by atoms with Gasteiger partial charge in [-0.15, -0.1) is 0 Å². The van der Waals surface area contributed by atoms with Crippen LogP contribution in [0, 0.1) is 5.82 Å². The van der Waals surface area contributed by atoms with Crippen molar-refractivity contribution < 1.29 is 9.13 Å². The number of benzene rings is 2. The molecule has 0 saturated carbocycles. The van der Waals surface area contributed by atoms with Crippen molar-refractivity contribution in [3.63, 3.8) is 0 Å². The molecule has 1 N–H and O–H groups in total. The van der Waals surface area contributed by atoms with Gasteiger partial charge in [0.25, 0.3) is 0 Å². The van der Waals surface area contributed by atoms with Gasteiger partial charge < -0.3 is 10.1 Å². The van der Waals surface area contributed by atoms with Crippen molar-refractivity contribution in [3.8, 4) is 5.75 Å². The summed E-state index contributed by atoms with van der Waals surface area (Å²) < 4.78 is 19.0. The van der Waals surface area contributed by atoms with Crippen LogP contribution in [0.2, 0.25) is 0 Å². The van der Waals surface area contributed by atoms with E-state index in [9.17, 15) is 4.39 Å². The highest BCUT2D eigenvalue weighted by molar-refractivity contribution is 9.10. The van der Waals surface area contributed by atoms with Crippen LogP contribution in [0.1, 0.15) is 17.2 Å². The first-order valence-corrected chi connectivity index (χ1v) is 7.18. The molecule has 0 saturated heterocycles. The van der Waals surface area contributed by atoms with E-state index < -0.39 is 0 Å². The predicted octanol–water partition coefficient (Wildman–Crippen LogP) is 4.10. The summed E-state index contributed by atoms with van der Waals surface area (Å²) in [5, 5.41) is 3.29. The molecule has 0 aliphatic carbocycles. The van der Waals surface area contributed by atoms with Crippen LogP contribution in [0.25, 0.3) is 0 Å². The minimum atomic E-state index is -0.240. The van der Waals surface area contributed by atoms with Crippen LogP contribution in [-0.4, -0.2) is 14.2 Å². The van der Waals surface area contributed by atoms with Crippen LogP contribution in [0.15, 0.2) is 46.9 Å². The van der Waals surface area contributed by atoms with Gasteiger partial charge in [-0.3, -0.25) is 0 Å². The molecule has 20 heavy (non-hydrogen) atoms. The van der Waals surface area contributed by atoms with E-state index in [1.807, 2.05) is 37.4 Å². The van der Waals surface area contributed by atoms with E-state index in [-0.39, 0.29) is 11.9 Å².